The first-order chi connectivity index (χ1) is 9.83. The van der Waals surface area contributed by atoms with Crippen LogP contribution in [0.4, 0.5) is 0 Å². The number of rotatable bonds is 2. The smallest absolute Gasteiger partial charge is 0.122 e. The van der Waals surface area contributed by atoms with Crippen LogP contribution in [0.3, 0.4) is 0 Å². The van der Waals surface area contributed by atoms with Gasteiger partial charge in [-0.05, 0) is 35.4 Å². The topological polar surface area (TPSA) is 52.5 Å². The lowest BCUT2D eigenvalue weighted by Crippen LogP contribution is -2.00. The number of hydrogen-bond acceptors (Lipinski definition) is 3. The molecule has 4 nitrogen and oxygen atoms in total. The van der Waals surface area contributed by atoms with Gasteiger partial charge in [0, 0.05) is 30.2 Å². The van der Waals surface area contributed by atoms with Gasteiger partial charge >= 0.3 is 0 Å². The van der Waals surface area contributed by atoms with E-state index in [1.54, 1.807) is 0 Å². The van der Waals surface area contributed by atoms with Crippen LogP contribution in [0.5, 0.6) is 5.75 Å². The fourth-order valence-corrected chi connectivity index (χ4v) is 2.69. The summed E-state index contributed by atoms with van der Waals surface area (Å²) >= 11 is 0. The van der Waals surface area contributed by atoms with Gasteiger partial charge in [-0.3, -0.25) is 0 Å². The van der Waals surface area contributed by atoms with Crippen LogP contribution >= 0.6 is 0 Å². The Morgan fingerprint density at radius 2 is 2.15 bits per heavy atom. The first-order valence-electron chi connectivity index (χ1n) is 6.76. The molecule has 2 N–H and O–H groups in total. The summed E-state index contributed by atoms with van der Waals surface area (Å²) in [5, 5.41) is 0. The standard InChI is InChI=1S/C16H15N3O/c17-8-14-7-15-6-13(9-19(15)10-18-14)11-1-2-16-12(5-11)3-4-20-16/h1-2,5-7,9-10H,3-4,8,17H2. The monoisotopic (exact) mass is 265 g/mol. The Morgan fingerprint density at radius 1 is 1.20 bits per heavy atom. The molecule has 0 amide bonds. The van der Waals surface area contributed by atoms with E-state index in [0.717, 1.165) is 30.0 Å². The van der Waals surface area contributed by atoms with Gasteiger partial charge in [-0.1, -0.05) is 6.07 Å². The summed E-state index contributed by atoms with van der Waals surface area (Å²) in [6, 6.07) is 10.6. The molecule has 0 spiro atoms. The molecule has 4 heteroatoms. The van der Waals surface area contributed by atoms with Crippen molar-refractivity contribution in [3.8, 4) is 16.9 Å². The van der Waals surface area contributed by atoms with Crippen LogP contribution < -0.4 is 10.5 Å². The minimum atomic E-state index is 0.465. The molecule has 0 atom stereocenters. The molecule has 3 heterocycles. The van der Waals surface area contributed by atoms with Gasteiger partial charge in [0.1, 0.15) is 5.75 Å². The largest absolute Gasteiger partial charge is 0.493 e. The molecule has 0 aliphatic carbocycles. The third kappa shape index (κ3) is 1.77. The van der Waals surface area contributed by atoms with Crippen molar-refractivity contribution in [3.63, 3.8) is 0 Å². The van der Waals surface area contributed by atoms with E-state index in [-0.39, 0.29) is 0 Å². The van der Waals surface area contributed by atoms with Crippen molar-refractivity contribution in [3.05, 3.63) is 54.1 Å². The quantitative estimate of drug-likeness (QED) is 0.774. The molecule has 2 aromatic heterocycles. The Bertz CT molecular complexity index is 792. The molecular weight excluding hydrogens is 250 g/mol. The van der Waals surface area contributed by atoms with E-state index in [2.05, 4.69) is 35.4 Å². The summed E-state index contributed by atoms with van der Waals surface area (Å²) < 4.78 is 7.58. The van der Waals surface area contributed by atoms with Crippen LogP contribution in [0, 0.1) is 0 Å². The summed E-state index contributed by atoms with van der Waals surface area (Å²) in [7, 11) is 0. The normalized spacial score (nSPS) is 13.4. The lowest BCUT2D eigenvalue weighted by atomic mass is 10.0. The zero-order valence-electron chi connectivity index (χ0n) is 11.0. The van der Waals surface area contributed by atoms with E-state index in [1.807, 2.05) is 16.8 Å². The number of nitrogens with two attached hydrogens (primary N) is 1. The van der Waals surface area contributed by atoms with Gasteiger partial charge in [0.2, 0.25) is 0 Å². The summed E-state index contributed by atoms with van der Waals surface area (Å²) in [6.07, 6.45) is 4.91. The number of nitrogens with zero attached hydrogens (tertiary/aromatic N) is 2. The molecule has 100 valence electrons. The Morgan fingerprint density at radius 3 is 3.05 bits per heavy atom. The van der Waals surface area contributed by atoms with Gasteiger partial charge in [0.05, 0.1) is 18.6 Å². The van der Waals surface area contributed by atoms with Crippen LogP contribution in [0.15, 0.2) is 42.9 Å². The third-order valence-electron chi connectivity index (χ3n) is 3.77. The van der Waals surface area contributed by atoms with Crippen LogP contribution in [0.25, 0.3) is 16.6 Å². The zero-order valence-corrected chi connectivity index (χ0v) is 11.0. The van der Waals surface area contributed by atoms with Crippen LogP contribution in [-0.2, 0) is 13.0 Å². The maximum atomic E-state index is 5.63. The van der Waals surface area contributed by atoms with Crippen molar-refractivity contribution in [1.82, 2.24) is 9.38 Å². The SMILES string of the molecule is NCc1cc2cc(-c3ccc4c(c3)CCO4)cn2cn1. The maximum Gasteiger partial charge on any atom is 0.122 e. The van der Waals surface area contributed by atoms with E-state index in [0.29, 0.717) is 6.54 Å². The highest BCUT2D eigenvalue weighted by atomic mass is 16.5. The predicted octanol–water partition coefficient (Wildman–Crippen LogP) is 2.39. The molecule has 0 bridgehead atoms. The summed E-state index contributed by atoms with van der Waals surface area (Å²) in [6.45, 7) is 1.26. The predicted molar refractivity (Wildman–Crippen MR) is 77.7 cm³/mol. The number of fused-ring (bicyclic) bond motifs is 2. The summed E-state index contributed by atoms with van der Waals surface area (Å²) in [5.41, 5.74) is 11.4. The Kier molecular flexibility index (Phi) is 2.50. The Hall–Kier alpha value is -2.33. The molecule has 1 aliphatic heterocycles. The molecule has 0 fully saturated rings. The number of benzene rings is 1. The van der Waals surface area contributed by atoms with Gasteiger partial charge < -0.3 is 14.9 Å². The van der Waals surface area contributed by atoms with E-state index in [1.165, 1.54) is 16.7 Å². The average Bonchev–Trinajstić information content (AvgIpc) is 3.11. The minimum absolute atomic E-state index is 0.465. The average molecular weight is 265 g/mol. The molecule has 0 unspecified atom stereocenters. The van der Waals surface area contributed by atoms with Gasteiger partial charge in [0.15, 0.2) is 0 Å². The van der Waals surface area contributed by atoms with Crippen molar-refractivity contribution in [1.29, 1.82) is 0 Å². The molecule has 1 aromatic carbocycles. The van der Waals surface area contributed by atoms with E-state index < -0.39 is 0 Å². The van der Waals surface area contributed by atoms with Crippen molar-refractivity contribution in [2.45, 2.75) is 13.0 Å². The molecule has 0 saturated heterocycles. The Labute approximate surface area is 116 Å². The molecule has 0 saturated carbocycles. The van der Waals surface area contributed by atoms with Crippen molar-refractivity contribution in [2.75, 3.05) is 6.61 Å². The highest BCUT2D eigenvalue weighted by Crippen LogP contribution is 2.31. The highest BCUT2D eigenvalue weighted by molar-refractivity contribution is 5.71. The molecule has 1 aliphatic rings. The number of hydrogen-bond donors (Lipinski definition) is 1. The van der Waals surface area contributed by atoms with E-state index in [4.69, 9.17) is 10.5 Å². The molecular formula is C16H15N3O. The lowest BCUT2D eigenvalue weighted by Gasteiger charge is -2.01. The second kappa shape index (κ2) is 4.35. The van der Waals surface area contributed by atoms with Gasteiger partial charge in [-0.2, -0.15) is 0 Å². The fourth-order valence-electron chi connectivity index (χ4n) is 2.69. The molecule has 0 radical (unpaired) electrons. The second-order valence-corrected chi connectivity index (χ2v) is 5.07. The van der Waals surface area contributed by atoms with Crippen LogP contribution in [0.1, 0.15) is 11.3 Å². The zero-order chi connectivity index (χ0) is 13.5. The molecule has 3 aromatic rings. The Balaban J connectivity index is 1.81. The third-order valence-corrected chi connectivity index (χ3v) is 3.77. The molecule has 20 heavy (non-hydrogen) atoms. The van der Waals surface area contributed by atoms with E-state index >= 15 is 0 Å². The summed E-state index contributed by atoms with van der Waals surface area (Å²) in [5.74, 6) is 1.02. The number of aromatic nitrogens is 2. The fraction of sp³-hybridized carbons (Fsp3) is 0.188. The highest BCUT2D eigenvalue weighted by Gasteiger charge is 2.13. The minimum Gasteiger partial charge on any atom is -0.493 e. The van der Waals surface area contributed by atoms with E-state index in [9.17, 15) is 0 Å². The van der Waals surface area contributed by atoms with Crippen molar-refractivity contribution >= 4 is 5.52 Å². The van der Waals surface area contributed by atoms with Gasteiger partial charge in [-0.15, -0.1) is 0 Å². The lowest BCUT2D eigenvalue weighted by molar-refractivity contribution is 0.357. The van der Waals surface area contributed by atoms with Crippen LogP contribution in [0.2, 0.25) is 0 Å². The first kappa shape index (κ1) is 11.5. The summed E-state index contributed by atoms with van der Waals surface area (Å²) in [4.78, 5) is 4.31. The number of ether oxygens (including phenoxy) is 1. The first-order valence-corrected chi connectivity index (χ1v) is 6.76. The molecule has 4 rings (SSSR count). The van der Waals surface area contributed by atoms with Gasteiger partial charge in [0.25, 0.3) is 0 Å². The van der Waals surface area contributed by atoms with Gasteiger partial charge in [-0.25, -0.2) is 4.98 Å². The van der Waals surface area contributed by atoms with Crippen LogP contribution in [-0.4, -0.2) is 16.0 Å². The van der Waals surface area contributed by atoms with Crippen molar-refractivity contribution < 1.29 is 4.74 Å². The second-order valence-electron chi connectivity index (χ2n) is 5.07. The van der Waals surface area contributed by atoms with Crippen molar-refractivity contribution in [2.24, 2.45) is 5.73 Å². The maximum absolute atomic E-state index is 5.63.